The lowest BCUT2D eigenvalue weighted by atomic mass is 9.94. The minimum Gasteiger partial charge on any atom is -0.474 e. The van der Waals surface area contributed by atoms with Crippen molar-refractivity contribution in [3.63, 3.8) is 0 Å². The average Bonchev–Trinajstić information content (AvgIpc) is 3.21. The second-order valence-corrected chi connectivity index (χ2v) is 11.9. The van der Waals surface area contributed by atoms with Crippen molar-refractivity contribution >= 4 is 17.2 Å². The Balaban J connectivity index is 1.17. The number of hydrogen-bond donors (Lipinski definition) is 1. The Labute approximate surface area is 230 Å². The molecule has 0 bridgehead atoms. The van der Waals surface area contributed by atoms with E-state index in [0.29, 0.717) is 51.6 Å². The van der Waals surface area contributed by atoms with Gasteiger partial charge in [0.15, 0.2) is 10.8 Å². The highest BCUT2D eigenvalue weighted by Gasteiger charge is 2.59. The highest BCUT2D eigenvalue weighted by atomic mass is 32.1. The van der Waals surface area contributed by atoms with E-state index in [9.17, 15) is 9.18 Å². The number of benzene rings is 1. The number of pyridine rings is 1. The zero-order chi connectivity index (χ0) is 27.5. The van der Waals surface area contributed by atoms with E-state index in [0.717, 1.165) is 11.1 Å². The number of carbonyl (C=O) groups is 1. The molecule has 3 aromatic heterocycles. The Morgan fingerprint density at radius 2 is 1.82 bits per heavy atom. The van der Waals surface area contributed by atoms with Gasteiger partial charge in [0.25, 0.3) is 5.91 Å². The minimum absolute atomic E-state index is 0.0275. The van der Waals surface area contributed by atoms with Crippen LogP contribution < -0.4 is 10.5 Å². The standard InChI is InChI=1S/C29H29FN6O2S/c1-15-6-7-18(21(30)10-15)22-11-17(29(3,4)31)12-23(35-22)38-24-19-13-36(14-20(19)24)28(37)25-16(2)34-27(39-25)26-32-8-5-9-33-26/h5-12,19-20,24H,13-14,31H2,1-4H3/t19-,20+,24?. The molecule has 1 aliphatic carbocycles. The van der Waals surface area contributed by atoms with E-state index in [1.165, 1.54) is 17.4 Å². The van der Waals surface area contributed by atoms with Crippen molar-refractivity contribution in [2.24, 2.45) is 17.6 Å². The maximum absolute atomic E-state index is 14.8. The van der Waals surface area contributed by atoms with Crippen molar-refractivity contribution in [2.45, 2.75) is 39.3 Å². The quantitative estimate of drug-likeness (QED) is 0.373. The van der Waals surface area contributed by atoms with Crippen LogP contribution in [0.4, 0.5) is 4.39 Å². The van der Waals surface area contributed by atoms with Crippen molar-refractivity contribution in [3.05, 3.63) is 76.3 Å². The third kappa shape index (κ3) is 4.90. The third-order valence-electron chi connectivity index (χ3n) is 7.35. The number of piperidine rings is 1. The number of nitrogens with two attached hydrogens (primary N) is 1. The van der Waals surface area contributed by atoms with Gasteiger partial charge in [-0.2, -0.15) is 0 Å². The van der Waals surface area contributed by atoms with Gasteiger partial charge in [0.1, 0.15) is 16.8 Å². The smallest absolute Gasteiger partial charge is 0.265 e. The number of nitrogens with zero attached hydrogens (tertiary/aromatic N) is 5. The van der Waals surface area contributed by atoms with Gasteiger partial charge in [0.05, 0.1) is 11.4 Å². The van der Waals surface area contributed by atoms with E-state index in [-0.39, 0.29) is 29.7 Å². The number of fused-ring (bicyclic) bond motifs is 1. The van der Waals surface area contributed by atoms with Gasteiger partial charge in [0.2, 0.25) is 5.88 Å². The van der Waals surface area contributed by atoms with E-state index in [1.807, 2.05) is 50.8 Å². The summed E-state index contributed by atoms with van der Waals surface area (Å²) in [5, 5.41) is 0.636. The largest absolute Gasteiger partial charge is 0.474 e. The van der Waals surface area contributed by atoms with Crippen LogP contribution in [0.25, 0.3) is 22.1 Å². The number of hydrogen-bond acceptors (Lipinski definition) is 8. The van der Waals surface area contributed by atoms with Crippen LogP contribution in [0.5, 0.6) is 5.88 Å². The summed E-state index contributed by atoms with van der Waals surface area (Å²) in [6.45, 7) is 8.68. The normalized spacial score (nSPS) is 20.2. The average molecular weight is 545 g/mol. The SMILES string of the molecule is Cc1ccc(-c2cc(C(C)(C)N)cc(OC3[C@H]4CN(C(=O)c5sc(-c6ncccn6)nc5C)C[C@@H]34)n2)c(F)c1. The summed E-state index contributed by atoms with van der Waals surface area (Å²) < 4.78 is 21.1. The van der Waals surface area contributed by atoms with Gasteiger partial charge < -0.3 is 15.4 Å². The first kappa shape index (κ1) is 25.5. The maximum atomic E-state index is 14.8. The van der Waals surface area contributed by atoms with E-state index in [1.54, 1.807) is 24.5 Å². The van der Waals surface area contributed by atoms with Crippen LogP contribution in [0.15, 0.2) is 48.8 Å². The maximum Gasteiger partial charge on any atom is 0.265 e. The topological polar surface area (TPSA) is 107 Å². The van der Waals surface area contributed by atoms with Crippen LogP contribution in [-0.2, 0) is 5.54 Å². The molecule has 1 saturated heterocycles. The number of amides is 1. The number of ether oxygens (including phenoxy) is 1. The number of aryl methyl sites for hydroxylation is 2. The van der Waals surface area contributed by atoms with E-state index >= 15 is 0 Å². The predicted octanol–water partition coefficient (Wildman–Crippen LogP) is 4.76. The summed E-state index contributed by atoms with van der Waals surface area (Å²) in [7, 11) is 0. The van der Waals surface area contributed by atoms with Gasteiger partial charge in [0, 0.05) is 54.5 Å². The lowest BCUT2D eigenvalue weighted by Gasteiger charge is -2.22. The Kier molecular flexibility index (Phi) is 6.19. The molecule has 1 saturated carbocycles. The van der Waals surface area contributed by atoms with Crippen molar-refractivity contribution in [1.82, 2.24) is 24.8 Å². The molecule has 1 amide bonds. The molecule has 0 spiro atoms. The molecule has 200 valence electrons. The molecule has 4 heterocycles. The summed E-state index contributed by atoms with van der Waals surface area (Å²) in [6, 6.07) is 10.5. The number of rotatable bonds is 6. The monoisotopic (exact) mass is 544 g/mol. The molecular formula is C29H29FN6O2S. The molecule has 8 nitrogen and oxygen atoms in total. The van der Waals surface area contributed by atoms with Crippen molar-refractivity contribution in [3.8, 4) is 28.0 Å². The second-order valence-electron chi connectivity index (χ2n) is 10.9. The molecule has 10 heteroatoms. The fourth-order valence-electron chi connectivity index (χ4n) is 5.10. The van der Waals surface area contributed by atoms with Crippen molar-refractivity contribution in [1.29, 1.82) is 0 Å². The van der Waals surface area contributed by atoms with Crippen LogP contribution in [0.2, 0.25) is 0 Å². The molecule has 39 heavy (non-hydrogen) atoms. The van der Waals surface area contributed by atoms with Crippen LogP contribution in [0.3, 0.4) is 0 Å². The molecule has 6 rings (SSSR count). The first-order valence-electron chi connectivity index (χ1n) is 12.9. The van der Waals surface area contributed by atoms with Gasteiger partial charge in [-0.25, -0.2) is 24.3 Å². The van der Waals surface area contributed by atoms with E-state index < -0.39 is 5.54 Å². The predicted molar refractivity (Wildman–Crippen MR) is 147 cm³/mol. The van der Waals surface area contributed by atoms with Crippen LogP contribution in [-0.4, -0.2) is 49.9 Å². The van der Waals surface area contributed by atoms with Gasteiger partial charge in [-0.05, 0) is 63.1 Å². The second kappa shape index (κ2) is 9.46. The highest BCUT2D eigenvalue weighted by Crippen LogP contribution is 2.48. The van der Waals surface area contributed by atoms with Crippen LogP contribution >= 0.6 is 11.3 Å². The minimum atomic E-state index is -0.657. The number of thiazole rings is 1. The molecule has 0 radical (unpaired) electrons. The first-order valence-corrected chi connectivity index (χ1v) is 13.7. The Hall–Kier alpha value is -3.76. The summed E-state index contributed by atoms with van der Waals surface area (Å²) in [4.78, 5) is 33.4. The molecule has 2 fully saturated rings. The van der Waals surface area contributed by atoms with Crippen molar-refractivity contribution in [2.75, 3.05) is 13.1 Å². The number of halogens is 1. The molecule has 2 N–H and O–H groups in total. The summed E-state index contributed by atoms with van der Waals surface area (Å²) in [5.41, 5.74) is 8.96. The fraction of sp³-hybridized carbons (Fsp3) is 0.345. The van der Waals surface area contributed by atoms with Gasteiger partial charge in [-0.3, -0.25) is 4.79 Å². The van der Waals surface area contributed by atoms with Crippen molar-refractivity contribution < 1.29 is 13.9 Å². The molecule has 1 aliphatic heterocycles. The molecule has 1 unspecified atom stereocenters. The van der Waals surface area contributed by atoms with E-state index in [2.05, 4.69) is 19.9 Å². The zero-order valence-corrected chi connectivity index (χ0v) is 23.0. The third-order valence-corrected chi connectivity index (χ3v) is 8.50. The lowest BCUT2D eigenvalue weighted by molar-refractivity contribution is 0.0755. The Morgan fingerprint density at radius 1 is 1.10 bits per heavy atom. The first-order chi connectivity index (χ1) is 18.6. The molecule has 3 atom stereocenters. The lowest BCUT2D eigenvalue weighted by Crippen LogP contribution is -2.33. The summed E-state index contributed by atoms with van der Waals surface area (Å²) in [6.07, 6.45) is 3.27. The van der Waals surface area contributed by atoms with Crippen LogP contribution in [0.1, 0.15) is 40.3 Å². The highest BCUT2D eigenvalue weighted by molar-refractivity contribution is 7.17. The number of carbonyl (C=O) groups excluding carboxylic acids is 1. The van der Waals surface area contributed by atoms with Gasteiger partial charge in [-0.1, -0.05) is 6.07 Å². The number of likely N-dealkylation sites (tertiary alicyclic amines) is 1. The van der Waals surface area contributed by atoms with Gasteiger partial charge in [-0.15, -0.1) is 11.3 Å². The Bertz CT molecular complexity index is 1560. The summed E-state index contributed by atoms with van der Waals surface area (Å²) in [5.74, 6) is 1.01. The zero-order valence-electron chi connectivity index (χ0n) is 22.2. The Morgan fingerprint density at radius 3 is 2.49 bits per heavy atom. The van der Waals surface area contributed by atoms with Gasteiger partial charge >= 0.3 is 0 Å². The molecule has 4 aromatic rings. The van der Waals surface area contributed by atoms with E-state index in [4.69, 9.17) is 10.5 Å². The molecular weight excluding hydrogens is 515 g/mol. The number of aromatic nitrogens is 4. The fourth-order valence-corrected chi connectivity index (χ4v) is 6.08. The molecule has 1 aromatic carbocycles. The molecule has 2 aliphatic rings. The summed E-state index contributed by atoms with van der Waals surface area (Å²) >= 11 is 1.32. The van der Waals surface area contributed by atoms with Crippen LogP contribution in [0, 0.1) is 31.5 Å².